The van der Waals surface area contributed by atoms with Crippen LogP contribution >= 0.6 is 0 Å². The van der Waals surface area contributed by atoms with Gasteiger partial charge in [-0.3, -0.25) is 0 Å². The molecule has 0 unspecified atom stereocenters. The van der Waals surface area contributed by atoms with Crippen LogP contribution in [0.3, 0.4) is 0 Å². The highest BCUT2D eigenvalue weighted by atomic mass is 15.1. The SMILES string of the molecule is CC(C)C(C)(C)CNc1nc2ccc(N)cc2[nH]1. The van der Waals surface area contributed by atoms with Crippen molar-refractivity contribution < 1.29 is 0 Å². The van der Waals surface area contributed by atoms with E-state index in [1.165, 1.54) is 0 Å². The van der Waals surface area contributed by atoms with E-state index in [9.17, 15) is 0 Å². The van der Waals surface area contributed by atoms with Crippen LogP contribution in [0.1, 0.15) is 27.7 Å². The van der Waals surface area contributed by atoms with Gasteiger partial charge in [-0.2, -0.15) is 0 Å². The summed E-state index contributed by atoms with van der Waals surface area (Å²) in [6, 6.07) is 5.70. The molecular weight excluding hydrogens is 224 g/mol. The van der Waals surface area contributed by atoms with E-state index < -0.39 is 0 Å². The number of hydrogen-bond donors (Lipinski definition) is 3. The predicted molar refractivity (Wildman–Crippen MR) is 77.6 cm³/mol. The normalized spacial score (nSPS) is 12.3. The zero-order valence-electron chi connectivity index (χ0n) is 11.5. The van der Waals surface area contributed by atoms with Gasteiger partial charge in [-0.15, -0.1) is 0 Å². The van der Waals surface area contributed by atoms with E-state index in [0.29, 0.717) is 5.92 Å². The quantitative estimate of drug-likeness (QED) is 0.725. The highest BCUT2D eigenvalue weighted by Crippen LogP contribution is 2.26. The average molecular weight is 246 g/mol. The van der Waals surface area contributed by atoms with Gasteiger partial charge in [0.1, 0.15) is 0 Å². The van der Waals surface area contributed by atoms with Crippen molar-refractivity contribution in [2.45, 2.75) is 27.7 Å². The monoisotopic (exact) mass is 246 g/mol. The molecule has 1 aromatic heterocycles. The van der Waals surface area contributed by atoms with Gasteiger partial charge in [-0.1, -0.05) is 27.7 Å². The van der Waals surface area contributed by atoms with Gasteiger partial charge < -0.3 is 16.0 Å². The van der Waals surface area contributed by atoms with Crippen LogP contribution in [0.5, 0.6) is 0 Å². The van der Waals surface area contributed by atoms with Crippen molar-refractivity contribution in [3.8, 4) is 0 Å². The standard InChI is InChI=1S/C14H22N4/c1-9(2)14(3,4)8-16-13-17-11-6-5-10(15)7-12(11)18-13/h5-7,9H,8,15H2,1-4H3,(H2,16,17,18). The number of H-pyrrole nitrogens is 1. The van der Waals surface area contributed by atoms with Crippen molar-refractivity contribution in [3.63, 3.8) is 0 Å². The fourth-order valence-corrected chi connectivity index (χ4v) is 1.63. The second kappa shape index (κ2) is 4.52. The highest BCUT2D eigenvalue weighted by Gasteiger charge is 2.22. The number of nitrogen functional groups attached to an aromatic ring is 1. The van der Waals surface area contributed by atoms with Crippen molar-refractivity contribution in [1.29, 1.82) is 0 Å². The Balaban J connectivity index is 2.13. The Bertz CT molecular complexity index is 540. The van der Waals surface area contributed by atoms with Gasteiger partial charge >= 0.3 is 0 Å². The number of nitrogens with two attached hydrogens (primary N) is 1. The van der Waals surface area contributed by atoms with Crippen LogP contribution in [0.2, 0.25) is 0 Å². The zero-order chi connectivity index (χ0) is 13.3. The van der Waals surface area contributed by atoms with Crippen LogP contribution in [-0.4, -0.2) is 16.5 Å². The van der Waals surface area contributed by atoms with Gasteiger partial charge in [0.2, 0.25) is 5.95 Å². The largest absolute Gasteiger partial charge is 0.399 e. The minimum absolute atomic E-state index is 0.234. The number of anilines is 2. The lowest BCUT2D eigenvalue weighted by molar-refractivity contribution is 0.269. The summed E-state index contributed by atoms with van der Waals surface area (Å²) in [6.07, 6.45) is 0. The summed E-state index contributed by atoms with van der Waals surface area (Å²) in [4.78, 5) is 7.74. The summed E-state index contributed by atoms with van der Waals surface area (Å²) >= 11 is 0. The lowest BCUT2D eigenvalue weighted by atomic mass is 9.81. The molecule has 0 saturated heterocycles. The summed E-state index contributed by atoms with van der Waals surface area (Å²) in [7, 11) is 0. The first-order valence-corrected chi connectivity index (χ1v) is 6.37. The molecule has 0 saturated carbocycles. The van der Waals surface area contributed by atoms with Gasteiger partial charge in [0.05, 0.1) is 11.0 Å². The molecule has 0 radical (unpaired) electrons. The van der Waals surface area contributed by atoms with Crippen LogP contribution in [0, 0.1) is 11.3 Å². The molecule has 0 bridgehead atoms. The van der Waals surface area contributed by atoms with E-state index in [0.717, 1.165) is 29.2 Å². The maximum Gasteiger partial charge on any atom is 0.201 e. The number of fused-ring (bicyclic) bond motifs is 1. The number of benzene rings is 1. The molecule has 1 heterocycles. The first kappa shape index (κ1) is 12.7. The van der Waals surface area contributed by atoms with E-state index in [-0.39, 0.29) is 5.41 Å². The van der Waals surface area contributed by atoms with Crippen molar-refractivity contribution in [3.05, 3.63) is 18.2 Å². The topological polar surface area (TPSA) is 66.7 Å². The molecule has 0 spiro atoms. The average Bonchev–Trinajstić information content (AvgIpc) is 2.68. The van der Waals surface area contributed by atoms with Gasteiger partial charge in [0, 0.05) is 12.2 Å². The summed E-state index contributed by atoms with van der Waals surface area (Å²) in [5.74, 6) is 1.43. The highest BCUT2D eigenvalue weighted by molar-refractivity contribution is 5.80. The number of nitrogens with one attached hydrogen (secondary N) is 2. The predicted octanol–water partition coefficient (Wildman–Crippen LogP) is 3.24. The first-order valence-electron chi connectivity index (χ1n) is 6.37. The van der Waals surface area contributed by atoms with E-state index in [2.05, 4.69) is 43.0 Å². The Hall–Kier alpha value is -1.71. The molecule has 4 heteroatoms. The molecular formula is C14H22N4. The third-order valence-corrected chi connectivity index (χ3v) is 3.78. The molecule has 1 aromatic carbocycles. The van der Waals surface area contributed by atoms with Crippen LogP contribution in [0.4, 0.5) is 11.6 Å². The number of aromatic nitrogens is 2. The third kappa shape index (κ3) is 2.58. The molecule has 0 fully saturated rings. The third-order valence-electron chi connectivity index (χ3n) is 3.78. The first-order chi connectivity index (χ1) is 8.38. The molecule has 4 nitrogen and oxygen atoms in total. The maximum atomic E-state index is 5.75. The van der Waals surface area contributed by atoms with E-state index in [4.69, 9.17) is 5.73 Å². The van der Waals surface area contributed by atoms with Gasteiger partial charge in [0.25, 0.3) is 0 Å². The minimum Gasteiger partial charge on any atom is -0.399 e. The van der Waals surface area contributed by atoms with Gasteiger partial charge in [-0.05, 0) is 29.5 Å². The molecule has 0 aliphatic carbocycles. The smallest absolute Gasteiger partial charge is 0.201 e. The van der Waals surface area contributed by atoms with Crippen molar-refractivity contribution in [2.75, 3.05) is 17.6 Å². The van der Waals surface area contributed by atoms with Crippen molar-refractivity contribution in [1.82, 2.24) is 9.97 Å². The molecule has 2 rings (SSSR count). The van der Waals surface area contributed by atoms with E-state index in [1.54, 1.807) is 0 Å². The minimum atomic E-state index is 0.234. The zero-order valence-corrected chi connectivity index (χ0v) is 11.5. The number of imidazole rings is 1. The second-order valence-corrected chi connectivity index (χ2v) is 5.86. The van der Waals surface area contributed by atoms with Crippen LogP contribution < -0.4 is 11.1 Å². The molecule has 18 heavy (non-hydrogen) atoms. The van der Waals surface area contributed by atoms with Crippen LogP contribution in [-0.2, 0) is 0 Å². The Morgan fingerprint density at radius 2 is 2.11 bits per heavy atom. The van der Waals surface area contributed by atoms with Gasteiger partial charge in [-0.25, -0.2) is 4.98 Å². The molecule has 0 aliphatic rings. The fraction of sp³-hybridized carbons (Fsp3) is 0.500. The molecule has 98 valence electrons. The summed E-state index contributed by atoms with van der Waals surface area (Å²) < 4.78 is 0. The Morgan fingerprint density at radius 3 is 2.78 bits per heavy atom. The number of nitrogens with zero attached hydrogens (tertiary/aromatic N) is 1. The number of aromatic amines is 1. The number of hydrogen-bond acceptors (Lipinski definition) is 3. The lowest BCUT2D eigenvalue weighted by Gasteiger charge is -2.29. The number of rotatable bonds is 4. The van der Waals surface area contributed by atoms with E-state index >= 15 is 0 Å². The molecule has 4 N–H and O–H groups in total. The molecule has 0 aliphatic heterocycles. The fourth-order valence-electron chi connectivity index (χ4n) is 1.63. The maximum absolute atomic E-state index is 5.75. The summed E-state index contributed by atoms with van der Waals surface area (Å²) in [6.45, 7) is 9.87. The van der Waals surface area contributed by atoms with Crippen LogP contribution in [0.25, 0.3) is 11.0 Å². The molecule has 0 atom stereocenters. The second-order valence-electron chi connectivity index (χ2n) is 5.86. The van der Waals surface area contributed by atoms with Crippen LogP contribution in [0.15, 0.2) is 18.2 Å². The Kier molecular flexibility index (Phi) is 3.20. The molecule has 2 aromatic rings. The molecule has 0 amide bonds. The Morgan fingerprint density at radius 1 is 1.39 bits per heavy atom. The van der Waals surface area contributed by atoms with Crippen molar-refractivity contribution >= 4 is 22.7 Å². The summed E-state index contributed by atoms with van der Waals surface area (Å²) in [5, 5.41) is 3.37. The summed E-state index contributed by atoms with van der Waals surface area (Å²) in [5.41, 5.74) is 8.64. The lowest BCUT2D eigenvalue weighted by Crippen LogP contribution is -2.28. The Labute approximate surface area is 108 Å². The van der Waals surface area contributed by atoms with Crippen molar-refractivity contribution in [2.24, 2.45) is 11.3 Å². The van der Waals surface area contributed by atoms with Gasteiger partial charge in [0.15, 0.2) is 0 Å². The van der Waals surface area contributed by atoms with E-state index in [1.807, 2.05) is 18.2 Å².